The van der Waals surface area contributed by atoms with Gasteiger partial charge in [0.25, 0.3) is 5.91 Å². The highest BCUT2D eigenvalue weighted by Gasteiger charge is 2.34. The van der Waals surface area contributed by atoms with Gasteiger partial charge in [0, 0.05) is 18.8 Å². The van der Waals surface area contributed by atoms with Crippen LogP contribution in [0.15, 0.2) is 12.5 Å². The van der Waals surface area contributed by atoms with Gasteiger partial charge in [-0.25, -0.2) is 18.4 Å². The third kappa shape index (κ3) is 2.91. The van der Waals surface area contributed by atoms with Crippen LogP contribution in [0.2, 0.25) is 0 Å². The number of nitrogens with zero attached hydrogens (tertiary/aromatic N) is 3. The molecule has 1 aliphatic rings. The minimum absolute atomic E-state index is 0.0549. The number of aromatic nitrogens is 2. The molecule has 0 saturated carbocycles. The summed E-state index contributed by atoms with van der Waals surface area (Å²) in [6.07, 6.45) is 3.38. The number of carbonyl (C=O) groups is 1. The summed E-state index contributed by atoms with van der Waals surface area (Å²) in [6.45, 7) is 4.07. The summed E-state index contributed by atoms with van der Waals surface area (Å²) in [5.41, 5.74) is 1.05. The quantitative estimate of drug-likeness (QED) is 0.804. The van der Waals surface area contributed by atoms with Crippen LogP contribution in [0.5, 0.6) is 0 Å². The summed E-state index contributed by atoms with van der Waals surface area (Å²) in [4.78, 5) is 21.9. The predicted molar refractivity (Wildman–Crippen MR) is 70.5 cm³/mol. The normalized spacial score (nSPS) is 21.3. The number of amides is 1. The van der Waals surface area contributed by atoms with Crippen LogP contribution in [-0.2, 0) is 9.84 Å². The van der Waals surface area contributed by atoms with E-state index in [4.69, 9.17) is 0 Å². The molecule has 1 aliphatic heterocycles. The van der Waals surface area contributed by atoms with Crippen LogP contribution in [0.3, 0.4) is 0 Å². The van der Waals surface area contributed by atoms with Crippen LogP contribution in [-0.4, -0.2) is 53.3 Å². The standard InChI is InChI=1S/C12H17N3O3S/c1-3-15(10-4-5-19(17,18)7-10)12(16)11-6-13-8-14-9(11)2/h6,8,10H,3-5,7H2,1-2H3. The van der Waals surface area contributed by atoms with Gasteiger partial charge in [-0.3, -0.25) is 4.79 Å². The third-order valence-electron chi connectivity index (χ3n) is 3.39. The van der Waals surface area contributed by atoms with E-state index in [1.165, 1.54) is 12.5 Å². The minimum atomic E-state index is -3.00. The van der Waals surface area contributed by atoms with Gasteiger partial charge in [0.15, 0.2) is 9.84 Å². The molecule has 0 aliphatic carbocycles. The fourth-order valence-corrected chi connectivity index (χ4v) is 4.07. The first-order chi connectivity index (χ1) is 8.94. The maximum absolute atomic E-state index is 12.4. The second-order valence-electron chi connectivity index (χ2n) is 4.67. The van der Waals surface area contributed by atoms with Gasteiger partial charge >= 0.3 is 0 Å². The van der Waals surface area contributed by atoms with Crippen LogP contribution >= 0.6 is 0 Å². The fraction of sp³-hybridized carbons (Fsp3) is 0.583. The second-order valence-corrected chi connectivity index (χ2v) is 6.90. The van der Waals surface area contributed by atoms with Gasteiger partial charge in [-0.15, -0.1) is 0 Å². The van der Waals surface area contributed by atoms with Crippen molar-refractivity contribution in [1.29, 1.82) is 0 Å². The molecule has 0 spiro atoms. The minimum Gasteiger partial charge on any atom is -0.335 e. The highest BCUT2D eigenvalue weighted by molar-refractivity contribution is 7.91. The van der Waals surface area contributed by atoms with Crippen LogP contribution in [0.4, 0.5) is 0 Å². The number of hydrogen-bond donors (Lipinski definition) is 0. The Hall–Kier alpha value is -1.50. The largest absolute Gasteiger partial charge is 0.335 e. The molecular formula is C12H17N3O3S. The maximum Gasteiger partial charge on any atom is 0.257 e. The van der Waals surface area contributed by atoms with E-state index in [1.54, 1.807) is 11.8 Å². The zero-order chi connectivity index (χ0) is 14.0. The number of hydrogen-bond acceptors (Lipinski definition) is 5. The van der Waals surface area contributed by atoms with E-state index < -0.39 is 9.84 Å². The third-order valence-corrected chi connectivity index (χ3v) is 5.14. The van der Waals surface area contributed by atoms with Gasteiger partial charge in [0.1, 0.15) is 6.33 Å². The first kappa shape index (κ1) is 13.9. The van der Waals surface area contributed by atoms with Crippen molar-refractivity contribution in [2.45, 2.75) is 26.3 Å². The topological polar surface area (TPSA) is 80.2 Å². The van der Waals surface area contributed by atoms with Crippen LogP contribution < -0.4 is 0 Å². The molecule has 1 fully saturated rings. The van der Waals surface area contributed by atoms with E-state index in [0.29, 0.717) is 24.2 Å². The molecule has 1 amide bonds. The molecule has 7 heteroatoms. The summed E-state index contributed by atoms with van der Waals surface area (Å²) in [6, 6.07) is -0.234. The molecule has 0 aromatic carbocycles. The lowest BCUT2D eigenvalue weighted by Gasteiger charge is -2.27. The molecule has 6 nitrogen and oxygen atoms in total. The second kappa shape index (κ2) is 5.24. The van der Waals surface area contributed by atoms with E-state index in [0.717, 1.165) is 0 Å². The van der Waals surface area contributed by atoms with Crippen molar-refractivity contribution in [3.8, 4) is 0 Å². The van der Waals surface area contributed by atoms with Crippen molar-refractivity contribution in [3.63, 3.8) is 0 Å². The average Bonchev–Trinajstić information content (AvgIpc) is 2.71. The Bertz CT molecular complexity index is 586. The van der Waals surface area contributed by atoms with E-state index in [1.807, 2.05) is 6.92 Å². The first-order valence-electron chi connectivity index (χ1n) is 6.22. The Kier molecular flexibility index (Phi) is 3.84. The summed E-state index contributed by atoms with van der Waals surface area (Å²) < 4.78 is 23.0. The van der Waals surface area contributed by atoms with Gasteiger partial charge in [0.05, 0.1) is 22.8 Å². The van der Waals surface area contributed by atoms with Gasteiger partial charge in [-0.1, -0.05) is 0 Å². The fourth-order valence-electron chi connectivity index (χ4n) is 2.34. The molecule has 1 aromatic rings. The van der Waals surface area contributed by atoms with Gasteiger partial charge < -0.3 is 4.90 Å². The van der Waals surface area contributed by atoms with E-state index in [-0.39, 0.29) is 23.5 Å². The number of carbonyl (C=O) groups excluding carboxylic acids is 1. The Morgan fingerprint density at radius 3 is 2.79 bits per heavy atom. The molecule has 0 radical (unpaired) electrons. The molecule has 0 N–H and O–H groups in total. The van der Waals surface area contributed by atoms with E-state index in [9.17, 15) is 13.2 Å². The van der Waals surface area contributed by atoms with Crippen molar-refractivity contribution in [3.05, 3.63) is 23.8 Å². The van der Waals surface area contributed by atoms with Crippen molar-refractivity contribution < 1.29 is 13.2 Å². The molecular weight excluding hydrogens is 266 g/mol. The molecule has 2 heterocycles. The van der Waals surface area contributed by atoms with E-state index in [2.05, 4.69) is 9.97 Å². The zero-order valence-corrected chi connectivity index (χ0v) is 11.9. The summed E-state index contributed by atoms with van der Waals surface area (Å²) >= 11 is 0. The zero-order valence-electron chi connectivity index (χ0n) is 11.0. The van der Waals surface area contributed by atoms with Crippen LogP contribution in [0.25, 0.3) is 0 Å². The van der Waals surface area contributed by atoms with E-state index >= 15 is 0 Å². The molecule has 1 saturated heterocycles. The van der Waals surface area contributed by atoms with Gasteiger partial charge in [-0.05, 0) is 20.3 Å². The highest BCUT2D eigenvalue weighted by Crippen LogP contribution is 2.20. The molecule has 1 unspecified atom stereocenters. The van der Waals surface area contributed by atoms with Gasteiger partial charge in [-0.2, -0.15) is 0 Å². The number of aryl methyl sites for hydroxylation is 1. The average molecular weight is 283 g/mol. The number of rotatable bonds is 3. The van der Waals surface area contributed by atoms with Crippen molar-refractivity contribution in [2.24, 2.45) is 0 Å². The van der Waals surface area contributed by atoms with Crippen LogP contribution in [0, 0.1) is 6.92 Å². The van der Waals surface area contributed by atoms with Crippen molar-refractivity contribution in [2.75, 3.05) is 18.1 Å². The Morgan fingerprint density at radius 1 is 1.53 bits per heavy atom. The lowest BCUT2D eigenvalue weighted by molar-refractivity contribution is 0.0706. The Labute approximate surface area is 112 Å². The molecule has 104 valence electrons. The molecule has 2 rings (SSSR count). The molecule has 0 bridgehead atoms. The van der Waals surface area contributed by atoms with Crippen molar-refractivity contribution in [1.82, 2.24) is 14.9 Å². The smallest absolute Gasteiger partial charge is 0.257 e. The Morgan fingerprint density at radius 2 is 2.26 bits per heavy atom. The summed E-state index contributed by atoms with van der Waals surface area (Å²) in [5.74, 6) is 0.0214. The molecule has 1 aromatic heterocycles. The van der Waals surface area contributed by atoms with Crippen molar-refractivity contribution >= 4 is 15.7 Å². The Balaban J connectivity index is 2.24. The maximum atomic E-state index is 12.4. The lowest BCUT2D eigenvalue weighted by Crippen LogP contribution is -2.41. The molecule has 1 atom stereocenters. The first-order valence-corrected chi connectivity index (χ1v) is 8.04. The van der Waals surface area contributed by atoms with Gasteiger partial charge in [0.2, 0.25) is 0 Å². The lowest BCUT2D eigenvalue weighted by atomic mass is 10.1. The monoisotopic (exact) mass is 283 g/mol. The number of sulfone groups is 1. The predicted octanol–water partition coefficient (Wildman–Crippen LogP) is 0.434. The molecule has 19 heavy (non-hydrogen) atoms. The SMILES string of the molecule is CCN(C(=O)c1cncnc1C)C1CCS(=O)(=O)C1. The summed E-state index contributed by atoms with van der Waals surface area (Å²) in [7, 11) is -3.00. The highest BCUT2D eigenvalue weighted by atomic mass is 32.2. The summed E-state index contributed by atoms with van der Waals surface area (Å²) in [5, 5.41) is 0. The van der Waals surface area contributed by atoms with Crippen LogP contribution in [0.1, 0.15) is 29.4 Å².